The van der Waals surface area contributed by atoms with E-state index in [0.29, 0.717) is 24.9 Å². The number of hydrogen-bond acceptors (Lipinski definition) is 3. The average Bonchev–Trinajstić information content (AvgIpc) is 2.47. The van der Waals surface area contributed by atoms with Crippen LogP contribution in [0.25, 0.3) is 0 Å². The van der Waals surface area contributed by atoms with Crippen molar-refractivity contribution < 1.29 is 9.59 Å². The van der Waals surface area contributed by atoms with Crippen LogP contribution < -0.4 is 10.6 Å². The number of carbonyl (C=O) groups is 2. The van der Waals surface area contributed by atoms with E-state index in [0.717, 1.165) is 32.4 Å². The lowest BCUT2D eigenvalue weighted by molar-refractivity contribution is -0.121. The third-order valence-electron chi connectivity index (χ3n) is 4.68. The first-order valence-electron chi connectivity index (χ1n) is 9.01. The molecule has 0 radical (unpaired) electrons. The Labute approximate surface area is 139 Å². The van der Waals surface area contributed by atoms with Gasteiger partial charge in [0, 0.05) is 19.6 Å². The van der Waals surface area contributed by atoms with Gasteiger partial charge in [0.15, 0.2) is 0 Å². The highest BCUT2D eigenvalue weighted by Gasteiger charge is 2.23. The first kappa shape index (κ1) is 18.0. The molecule has 5 heteroatoms. The molecule has 0 spiro atoms. The van der Waals surface area contributed by atoms with Gasteiger partial charge in [-0.15, -0.1) is 0 Å². The summed E-state index contributed by atoms with van der Waals surface area (Å²) in [5.41, 5.74) is 1.43. The number of imide groups is 1. The van der Waals surface area contributed by atoms with Gasteiger partial charge in [-0.2, -0.15) is 0 Å². The van der Waals surface area contributed by atoms with E-state index in [1.165, 1.54) is 24.8 Å². The molecule has 1 aliphatic carbocycles. The van der Waals surface area contributed by atoms with Gasteiger partial charge in [-0.3, -0.25) is 15.0 Å². The monoisotopic (exact) mass is 321 g/mol. The lowest BCUT2D eigenvalue weighted by atomic mass is 9.92. The molecule has 2 rings (SSSR count). The van der Waals surface area contributed by atoms with Crippen LogP contribution in [0, 0.1) is 11.8 Å². The summed E-state index contributed by atoms with van der Waals surface area (Å²) < 4.78 is 0. The van der Waals surface area contributed by atoms with E-state index in [1.807, 2.05) is 0 Å². The molecule has 1 saturated heterocycles. The van der Waals surface area contributed by atoms with E-state index in [1.54, 1.807) is 0 Å². The molecule has 0 bridgehead atoms. The molecule has 0 aromatic heterocycles. The summed E-state index contributed by atoms with van der Waals surface area (Å²) in [5, 5.41) is 5.23. The minimum Gasteiger partial charge on any atom is -0.337 e. The van der Waals surface area contributed by atoms with Gasteiger partial charge in [-0.25, -0.2) is 4.79 Å². The van der Waals surface area contributed by atoms with E-state index in [4.69, 9.17) is 0 Å². The van der Waals surface area contributed by atoms with Gasteiger partial charge in [0.25, 0.3) is 0 Å². The Morgan fingerprint density at radius 3 is 2.61 bits per heavy atom. The molecule has 0 aromatic rings. The summed E-state index contributed by atoms with van der Waals surface area (Å²) in [5.74, 6) is 1.02. The van der Waals surface area contributed by atoms with Gasteiger partial charge in [0.2, 0.25) is 5.91 Å². The van der Waals surface area contributed by atoms with Crippen molar-refractivity contribution in [1.29, 1.82) is 0 Å². The Kier molecular flexibility index (Phi) is 7.09. The lowest BCUT2D eigenvalue weighted by Crippen LogP contribution is -2.48. The number of piperidine rings is 1. The summed E-state index contributed by atoms with van der Waals surface area (Å²) in [6.07, 6.45) is 9.23. The van der Waals surface area contributed by atoms with Crippen molar-refractivity contribution in [3.63, 3.8) is 0 Å². The molecule has 1 fully saturated rings. The van der Waals surface area contributed by atoms with Crippen LogP contribution in [0.5, 0.6) is 0 Å². The fourth-order valence-corrected chi connectivity index (χ4v) is 3.80. The zero-order chi connectivity index (χ0) is 16.7. The largest absolute Gasteiger partial charge is 0.337 e. The van der Waals surface area contributed by atoms with Crippen molar-refractivity contribution in [2.24, 2.45) is 11.8 Å². The van der Waals surface area contributed by atoms with Crippen LogP contribution in [0.1, 0.15) is 52.4 Å². The predicted octanol–water partition coefficient (Wildman–Crippen LogP) is 2.68. The third-order valence-corrected chi connectivity index (χ3v) is 4.68. The molecule has 130 valence electrons. The molecular formula is C18H31N3O2. The second-order valence-corrected chi connectivity index (χ2v) is 7.30. The predicted molar refractivity (Wildman–Crippen MR) is 92.1 cm³/mol. The molecule has 2 aliphatic rings. The highest BCUT2D eigenvalue weighted by Crippen LogP contribution is 2.20. The fourth-order valence-electron chi connectivity index (χ4n) is 3.80. The van der Waals surface area contributed by atoms with Crippen LogP contribution >= 0.6 is 0 Å². The Morgan fingerprint density at radius 2 is 1.96 bits per heavy atom. The number of carbonyl (C=O) groups excluding carboxylic acids is 2. The summed E-state index contributed by atoms with van der Waals surface area (Å²) in [7, 11) is 0. The Hall–Kier alpha value is -1.36. The smallest absolute Gasteiger partial charge is 0.321 e. The Morgan fingerprint density at radius 1 is 1.22 bits per heavy atom. The van der Waals surface area contributed by atoms with Crippen LogP contribution in [-0.4, -0.2) is 43.0 Å². The molecular weight excluding hydrogens is 290 g/mol. The number of nitrogens with one attached hydrogen (secondary N) is 2. The summed E-state index contributed by atoms with van der Waals surface area (Å²) in [6.45, 7) is 7.22. The van der Waals surface area contributed by atoms with Crippen LogP contribution in [0.4, 0.5) is 4.79 Å². The van der Waals surface area contributed by atoms with Gasteiger partial charge in [-0.05, 0) is 50.4 Å². The van der Waals surface area contributed by atoms with Crippen molar-refractivity contribution in [2.45, 2.75) is 52.4 Å². The Balaban J connectivity index is 1.62. The van der Waals surface area contributed by atoms with Crippen LogP contribution in [-0.2, 0) is 4.79 Å². The topological polar surface area (TPSA) is 61.4 Å². The number of likely N-dealkylation sites (tertiary alicyclic amines) is 1. The molecule has 0 aromatic carbocycles. The standard InChI is InChI=1S/C18H31N3O2/c1-14-10-15(2)12-21(11-14)13-17(22)20-18(23)19-9-8-16-6-4-3-5-7-16/h6,14-15H,3-5,7-13H2,1-2H3,(H2,19,20,22,23). The van der Waals surface area contributed by atoms with Crippen LogP contribution in [0.15, 0.2) is 11.6 Å². The molecule has 1 heterocycles. The van der Waals surface area contributed by atoms with E-state index in [2.05, 4.69) is 35.5 Å². The van der Waals surface area contributed by atoms with Crippen LogP contribution in [0.3, 0.4) is 0 Å². The molecule has 5 nitrogen and oxygen atoms in total. The minimum absolute atomic E-state index is 0.208. The SMILES string of the molecule is CC1CC(C)CN(CC(=O)NC(=O)NCCC2=CCCCC2)C1. The molecule has 0 saturated carbocycles. The molecule has 3 amide bonds. The van der Waals surface area contributed by atoms with E-state index >= 15 is 0 Å². The molecule has 2 unspecified atom stereocenters. The highest BCUT2D eigenvalue weighted by atomic mass is 16.2. The number of rotatable bonds is 5. The molecule has 23 heavy (non-hydrogen) atoms. The van der Waals surface area contributed by atoms with Crippen molar-refractivity contribution in [1.82, 2.24) is 15.5 Å². The average molecular weight is 321 g/mol. The zero-order valence-electron chi connectivity index (χ0n) is 14.6. The third kappa shape index (κ3) is 6.73. The van der Waals surface area contributed by atoms with Crippen molar-refractivity contribution in [3.8, 4) is 0 Å². The number of hydrogen-bond donors (Lipinski definition) is 2. The number of allylic oxidation sites excluding steroid dienone is 1. The van der Waals surface area contributed by atoms with Crippen molar-refractivity contribution >= 4 is 11.9 Å². The molecule has 2 atom stereocenters. The quantitative estimate of drug-likeness (QED) is 0.765. The maximum Gasteiger partial charge on any atom is 0.321 e. The number of nitrogens with zero attached hydrogens (tertiary/aromatic N) is 1. The zero-order valence-corrected chi connectivity index (χ0v) is 14.6. The second kappa shape index (κ2) is 9.06. The summed E-state index contributed by atoms with van der Waals surface area (Å²) in [6, 6.07) is -0.371. The number of urea groups is 1. The van der Waals surface area contributed by atoms with E-state index < -0.39 is 0 Å². The van der Waals surface area contributed by atoms with Gasteiger partial charge < -0.3 is 5.32 Å². The van der Waals surface area contributed by atoms with Crippen LogP contribution in [0.2, 0.25) is 0 Å². The minimum atomic E-state index is -0.371. The van der Waals surface area contributed by atoms with Gasteiger partial charge in [0.05, 0.1) is 6.54 Å². The normalized spacial score (nSPS) is 25.6. The first-order chi connectivity index (χ1) is 11.0. The van der Waals surface area contributed by atoms with Gasteiger partial charge in [0.1, 0.15) is 0 Å². The van der Waals surface area contributed by atoms with E-state index in [9.17, 15) is 9.59 Å². The van der Waals surface area contributed by atoms with E-state index in [-0.39, 0.29) is 11.9 Å². The maximum absolute atomic E-state index is 12.0. The van der Waals surface area contributed by atoms with Gasteiger partial charge >= 0.3 is 6.03 Å². The Bertz CT molecular complexity index is 438. The van der Waals surface area contributed by atoms with Crippen molar-refractivity contribution in [2.75, 3.05) is 26.2 Å². The highest BCUT2D eigenvalue weighted by molar-refractivity contribution is 5.95. The second-order valence-electron chi connectivity index (χ2n) is 7.30. The number of amides is 3. The van der Waals surface area contributed by atoms with Gasteiger partial charge in [-0.1, -0.05) is 25.5 Å². The summed E-state index contributed by atoms with van der Waals surface area (Å²) >= 11 is 0. The summed E-state index contributed by atoms with van der Waals surface area (Å²) in [4.78, 5) is 25.9. The molecule has 2 N–H and O–H groups in total. The molecule has 1 aliphatic heterocycles. The first-order valence-corrected chi connectivity index (χ1v) is 9.01. The lowest BCUT2D eigenvalue weighted by Gasteiger charge is -2.34. The fraction of sp³-hybridized carbons (Fsp3) is 0.778. The maximum atomic E-state index is 12.0. The van der Waals surface area contributed by atoms with Crippen molar-refractivity contribution in [3.05, 3.63) is 11.6 Å².